The van der Waals surface area contributed by atoms with Crippen LogP contribution in [0, 0.1) is 13.8 Å². The fourth-order valence-corrected chi connectivity index (χ4v) is 2.15. The zero-order valence-electron chi connectivity index (χ0n) is 11.4. The molecule has 1 fully saturated rings. The van der Waals surface area contributed by atoms with Crippen LogP contribution >= 0.6 is 0 Å². The molecule has 2 N–H and O–H groups in total. The summed E-state index contributed by atoms with van der Waals surface area (Å²) in [6, 6.07) is 3.95. The minimum atomic E-state index is 0.144. The molecule has 1 aliphatic heterocycles. The van der Waals surface area contributed by atoms with E-state index >= 15 is 0 Å². The SMILES string of the molecule is Cc1cc(C)c(OCC2CN(C)CCO2)cc1N. The van der Waals surface area contributed by atoms with Gasteiger partial charge >= 0.3 is 0 Å². The molecule has 1 unspecified atom stereocenters. The number of hydrogen-bond donors (Lipinski definition) is 1. The molecule has 1 heterocycles. The third kappa shape index (κ3) is 3.15. The first-order valence-corrected chi connectivity index (χ1v) is 6.36. The smallest absolute Gasteiger partial charge is 0.124 e. The molecule has 2 rings (SSSR count). The Morgan fingerprint density at radius 3 is 2.89 bits per heavy atom. The molecule has 4 nitrogen and oxygen atoms in total. The zero-order valence-corrected chi connectivity index (χ0v) is 11.4. The monoisotopic (exact) mass is 250 g/mol. The lowest BCUT2D eigenvalue weighted by Gasteiger charge is -2.30. The molecular weight excluding hydrogens is 228 g/mol. The maximum atomic E-state index is 5.90. The molecule has 0 aromatic heterocycles. The number of nitrogens with two attached hydrogens (primary N) is 1. The number of morpholine rings is 1. The average molecular weight is 250 g/mol. The topological polar surface area (TPSA) is 47.7 Å². The van der Waals surface area contributed by atoms with Gasteiger partial charge in [0.15, 0.2) is 0 Å². The number of benzene rings is 1. The second-order valence-corrected chi connectivity index (χ2v) is 5.04. The number of nitrogen functional groups attached to an aromatic ring is 1. The largest absolute Gasteiger partial charge is 0.490 e. The second kappa shape index (κ2) is 5.59. The summed E-state index contributed by atoms with van der Waals surface area (Å²) in [4.78, 5) is 2.26. The van der Waals surface area contributed by atoms with Gasteiger partial charge in [0.05, 0.1) is 6.61 Å². The number of anilines is 1. The van der Waals surface area contributed by atoms with Crippen molar-refractivity contribution < 1.29 is 9.47 Å². The highest BCUT2D eigenvalue weighted by molar-refractivity contribution is 5.54. The first kappa shape index (κ1) is 13.2. The van der Waals surface area contributed by atoms with Crippen molar-refractivity contribution in [3.8, 4) is 5.75 Å². The summed E-state index contributed by atoms with van der Waals surface area (Å²) >= 11 is 0. The van der Waals surface area contributed by atoms with Crippen LogP contribution in [0.5, 0.6) is 5.75 Å². The van der Waals surface area contributed by atoms with Gasteiger partial charge in [0, 0.05) is 24.8 Å². The van der Waals surface area contributed by atoms with Crippen molar-refractivity contribution >= 4 is 5.69 Å². The fourth-order valence-electron chi connectivity index (χ4n) is 2.15. The summed E-state index contributed by atoms with van der Waals surface area (Å²) in [7, 11) is 2.10. The van der Waals surface area contributed by atoms with Crippen LogP contribution in [-0.4, -0.2) is 44.4 Å². The highest BCUT2D eigenvalue weighted by Gasteiger charge is 2.18. The predicted molar refractivity (Wildman–Crippen MR) is 73.1 cm³/mol. The molecule has 1 saturated heterocycles. The molecule has 4 heteroatoms. The molecule has 0 radical (unpaired) electrons. The van der Waals surface area contributed by atoms with Crippen molar-refractivity contribution in [2.24, 2.45) is 0 Å². The van der Waals surface area contributed by atoms with Crippen molar-refractivity contribution in [3.63, 3.8) is 0 Å². The van der Waals surface area contributed by atoms with Gasteiger partial charge in [-0.1, -0.05) is 6.07 Å². The van der Waals surface area contributed by atoms with Crippen LogP contribution in [0.25, 0.3) is 0 Å². The van der Waals surface area contributed by atoms with E-state index in [1.54, 1.807) is 0 Å². The number of rotatable bonds is 3. The molecule has 1 aliphatic rings. The van der Waals surface area contributed by atoms with E-state index in [9.17, 15) is 0 Å². The first-order chi connectivity index (χ1) is 8.56. The molecule has 0 aliphatic carbocycles. The minimum Gasteiger partial charge on any atom is -0.490 e. The Balaban J connectivity index is 1.95. The molecule has 18 heavy (non-hydrogen) atoms. The fraction of sp³-hybridized carbons (Fsp3) is 0.571. The number of hydrogen-bond acceptors (Lipinski definition) is 4. The molecule has 0 spiro atoms. The highest BCUT2D eigenvalue weighted by Crippen LogP contribution is 2.24. The van der Waals surface area contributed by atoms with E-state index in [1.165, 1.54) is 0 Å². The molecule has 1 atom stereocenters. The molecule has 1 aromatic rings. The van der Waals surface area contributed by atoms with Crippen molar-refractivity contribution in [2.75, 3.05) is 39.1 Å². The third-order valence-electron chi connectivity index (χ3n) is 3.33. The highest BCUT2D eigenvalue weighted by atomic mass is 16.5. The quantitative estimate of drug-likeness (QED) is 0.828. The van der Waals surface area contributed by atoms with Gasteiger partial charge in [0.2, 0.25) is 0 Å². The lowest BCUT2D eigenvalue weighted by molar-refractivity contribution is -0.0404. The summed E-state index contributed by atoms with van der Waals surface area (Å²) in [5.74, 6) is 0.856. The molecule has 100 valence electrons. The normalized spacial score (nSPS) is 20.9. The molecule has 1 aromatic carbocycles. The van der Waals surface area contributed by atoms with Gasteiger partial charge in [-0.05, 0) is 32.0 Å². The van der Waals surface area contributed by atoms with Crippen LogP contribution < -0.4 is 10.5 Å². The van der Waals surface area contributed by atoms with Gasteiger partial charge in [0.1, 0.15) is 18.5 Å². The maximum absolute atomic E-state index is 5.90. The predicted octanol–water partition coefficient (Wildman–Crippen LogP) is 1.60. The maximum Gasteiger partial charge on any atom is 0.124 e. The van der Waals surface area contributed by atoms with E-state index in [0.29, 0.717) is 6.61 Å². The second-order valence-electron chi connectivity index (χ2n) is 5.04. The zero-order chi connectivity index (χ0) is 13.1. The van der Waals surface area contributed by atoms with Gasteiger partial charge in [-0.2, -0.15) is 0 Å². The summed E-state index contributed by atoms with van der Waals surface area (Å²) in [6.07, 6.45) is 0.144. The Kier molecular flexibility index (Phi) is 4.09. The lowest BCUT2D eigenvalue weighted by Crippen LogP contribution is -2.42. The van der Waals surface area contributed by atoms with Crippen molar-refractivity contribution in [3.05, 3.63) is 23.3 Å². The Bertz CT molecular complexity index is 421. The third-order valence-corrected chi connectivity index (χ3v) is 3.33. The van der Waals surface area contributed by atoms with Crippen molar-refractivity contribution in [1.82, 2.24) is 4.90 Å². The van der Waals surface area contributed by atoms with Crippen LogP contribution in [-0.2, 0) is 4.74 Å². The Labute approximate surface area is 109 Å². The summed E-state index contributed by atoms with van der Waals surface area (Å²) in [5, 5.41) is 0. The first-order valence-electron chi connectivity index (χ1n) is 6.36. The average Bonchev–Trinajstić information content (AvgIpc) is 2.32. The lowest BCUT2D eigenvalue weighted by atomic mass is 10.1. The number of nitrogens with zero attached hydrogens (tertiary/aromatic N) is 1. The Morgan fingerprint density at radius 2 is 2.17 bits per heavy atom. The number of likely N-dealkylation sites (N-methyl/N-ethyl adjacent to an activating group) is 1. The minimum absolute atomic E-state index is 0.144. The van der Waals surface area contributed by atoms with E-state index < -0.39 is 0 Å². The van der Waals surface area contributed by atoms with Gasteiger partial charge in [0.25, 0.3) is 0 Å². The van der Waals surface area contributed by atoms with E-state index in [-0.39, 0.29) is 6.10 Å². The number of aryl methyl sites for hydroxylation is 2. The van der Waals surface area contributed by atoms with Crippen LogP contribution in [0.2, 0.25) is 0 Å². The van der Waals surface area contributed by atoms with Gasteiger partial charge < -0.3 is 20.1 Å². The van der Waals surface area contributed by atoms with Crippen LogP contribution in [0.4, 0.5) is 5.69 Å². The van der Waals surface area contributed by atoms with Crippen LogP contribution in [0.3, 0.4) is 0 Å². The van der Waals surface area contributed by atoms with E-state index in [0.717, 1.165) is 42.3 Å². The molecule has 0 bridgehead atoms. The van der Waals surface area contributed by atoms with Gasteiger partial charge in [-0.3, -0.25) is 0 Å². The molecule has 0 saturated carbocycles. The summed E-state index contributed by atoms with van der Waals surface area (Å²) in [6.45, 7) is 7.31. The van der Waals surface area contributed by atoms with Gasteiger partial charge in [-0.15, -0.1) is 0 Å². The van der Waals surface area contributed by atoms with Gasteiger partial charge in [-0.25, -0.2) is 0 Å². The Hall–Kier alpha value is -1.26. The van der Waals surface area contributed by atoms with Crippen molar-refractivity contribution in [1.29, 1.82) is 0 Å². The van der Waals surface area contributed by atoms with Crippen LogP contribution in [0.15, 0.2) is 12.1 Å². The number of ether oxygens (including phenoxy) is 2. The molecular formula is C14H22N2O2. The van der Waals surface area contributed by atoms with E-state index in [2.05, 4.69) is 18.0 Å². The standard InChI is InChI=1S/C14H22N2O2/c1-10-6-11(2)14(7-13(10)15)18-9-12-8-16(3)4-5-17-12/h6-7,12H,4-5,8-9,15H2,1-3H3. The summed E-state index contributed by atoms with van der Waals surface area (Å²) < 4.78 is 11.5. The Morgan fingerprint density at radius 1 is 1.39 bits per heavy atom. The summed E-state index contributed by atoms with van der Waals surface area (Å²) in [5.41, 5.74) is 8.88. The van der Waals surface area contributed by atoms with E-state index in [1.807, 2.05) is 19.9 Å². The molecule has 0 amide bonds. The van der Waals surface area contributed by atoms with E-state index in [4.69, 9.17) is 15.2 Å². The van der Waals surface area contributed by atoms with Crippen LogP contribution in [0.1, 0.15) is 11.1 Å². The van der Waals surface area contributed by atoms with Crippen molar-refractivity contribution in [2.45, 2.75) is 20.0 Å².